The molecule has 1 N–H and O–H groups in total. The van der Waals surface area contributed by atoms with Gasteiger partial charge in [-0.05, 0) is 42.4 Å². The van der Waals surface area contributed by atoms with E-state index in [1.165, 1.54) is 11.1 Å². The van der Waals surface area contributed by atoms with E-state index in [-0.39, 0.29) is 5.41 Å². The number of rotatable bonds is 4. The third-order valence-electron chi connectivity index (χ3n) is 3.95. The van der Waals surface area contributed by atoms with Crippen molar-refractivity contribution in [1.82, 2.24) is 5.32 Å². The molecule has 0 spiro atoms. The summed E-state index contributed by atoms with van der Waals surface area (Å²) in [6.45, 7) is 9.87. The van der Waals surface area contributed by atoms with Crippen LogP contribution in [0.1, 0.15) is 57.7 Å². The van der Waals surface area contributed by atoms with E-state index >= 15 is 0 Å². The zero-order chi connectivity index (χ0) is 14.6. The summed E-state index contributed by atoms with van der Waals surface area (Å²) in [4.78, 5) is 0. The fraction of sp³-hybridized carbons (Fsp3) is 0.556. The van der Waals surface area contributed by atoms with Gasteiger partial charge in [-0.15, -0.1) is 0 Å². The standard InChI is InChI=1S/C18H27NO/c1-14(19-13-17-7-5-6-12-20-17)15-8-10-16(11-9-15)18(2,3)4/h6,8-12,14,17,19H,5,7,13H2,1-4H3. The summed E-state index contributed by atoms with van der Waals surface area (Å²) < 4.78 is 5.58. The summed E-state index contributed by atoms with van der Waals surface area (Å²) >= 11 is 0. The van der Waals surface area contributed by atoms with Crippen molar-refractivity contribution in [2.75, 3.05) is 6.54 Å². The molecule has 0 saturated carbocycles. The molecule has 0 saturated heterocycles. The molecule has 0 aliphatic carbocycles. The molecule has 1 aliphatic heterocycles. The van der Waals surface area contributed by atoms with Gasteiger partial charge < -0.3 is 10.1 Å². The zero-order valence-corrected chi connectivity index (χ0v) is 13.1. The third kappa shape index (κ3) is 4.11. The Hall–Kier alpha value is -1.28. The van der Waals surface area contributed by atoms with E-state index in [1.807, 2.05) is 6.26 Å². The summed E-state index contributed by atoms with van der Waals surface area (Å²) in [7, 11) is 0. The van der Waals surface area contributed by atoms with Crippen molar-refractivity contribution < 1.29 is 4.74 Å². The average molecular weight is 273 g/mol. The van der Waals surface area contributed by atoms with Crippen LogP contribution in [0.15, 0.2) is 36.6 Å². The van der Waals surface area contributed by atoms with E-state index in [0.717, 1.165) is 19.4 Å². The van der Waals surface area contributed by atoms with Crippen molar-refractivity contribution in [3.8, 4) is 0 Å². The fourth-order valence-corrected chi connectivity index (χ4v) is 2.43. The molecule has 2 nitrogen and oxygen atoms in total. The van der Waals surface area contributed by atoms with Crippen LogP contribution in [0, 0.1) is 0 Å². The second-order valence-electron chi connectivity index (χ2n) is 6.71. The van der Waals surface area contributed by atoms with Crippen LogP contribution in [0.5, 0.6) is 0 Å². The number of nitrogens with one attached hydrogen (secondary N) is 1. The van der Waals surface area contributed by atoms with E-state index in [1.54, 1.807) is 0 Å². The molecule has 0 aromatic heterocycles. The normalized spacial score (nSPS) is 20.5. The van der Waals surface area contributed by atoms with E-state index in [4.69, 9.17) is 4.74 Å². The first-order valence-electron chi connectivity index (χ1n) is 7.61. The van der Waals surface area contributed by atoms with Crippen LogP contribution in [0.25, 0.3) is 0 Å². The molecule has 0 amide bonds. The summed E-state index contributed by atoms with van der Waals surface area (Å²) in [6.07, 6.45) is 6.47. The lowest BCUT2D eigenvalue weighted by Gasteiger charge is -2.23. The molecule has 1 aliphatic rings. The van der Waals surface area contributed by atoms with Crippen LogP contribution in [-0.2, 0) is 10.2 Å². The molecule has 1 heterocycles. The number of hydrogen-bond acceptors (Lipinski definition) is 2. The van der Waals surface area contributed by atoms with Gasteiger partial charge in [-0.1, -0.05) is 45.0 Å². The van der Waals surface area contributed by atoms with E-state index < -0.39 is 0 Å². The van der Waals surface area contributed by atoms with Crippen molar-refractivity contribution >= 4 is 0 Å². The van der Waals surface area contributed by atoms with Crippen molar-refractivity contribution in [3.63, 3.8) is 0 Å². The lowest BCUT2D eigenvalue weighted by Crippen LogP contribution is -2.31. The molecule has 1 aromatic carbocycles. The number of benzene rings is 1. The predicted molar refractivity (Wildman–Crippen MR) is 84.8 cm³/mol. The largest absolute Gasteiger partial charge is 0.497 e. The lowest BCUT2D eigenvalue weighted by atomic mass is 9.86. The van der Waals surface area contributed by atoms with Crippen LogP contribution in [0.2, 0.25) is 0 Å². The quantitative estimate of drug-likeness (QED) is 0.881. The minimum atomic E-state index is 0.220. The summed E-state index contributed by atoms with van der Waals surface area (Å²) in [5.74, 6) is 0. The summed E-state index contributed by atoms with van der Waals surface area (Å²) in [5.41, 5.74) is 2.94. The Balaban J connectivity index is 1.88. The van der Waals surface area contributed by atoms with E-state index in [0.29, 0.717) is 12.1 Å². The van der Waals surface area contributed by atoms with Crippen molar-refractivity contribution in [2.24, 2.45) is 0 Å². The van der Waals surface area contributed by atoms with Crippen LogP contribution in [0.3, 0.4) is 0 Å². The number of ether oxygens (including phenoxy) is 1. The first kappa shape index (κ1) is 15.1. The van der Waals surface area contributed by atoms with Crippen LogP contribution < -0.4 is 5.32 Å². The van der Waals surface area contributed by atoms with E-state index in [2.05, 4.69) is 63.4 Å². The zero-order valence-electron chi connectivity index (χ0n) is 13.1. The van der Waals surface area contributed by atoms with Crippen LogP contribution in [-0.4, -0.2) is 12.6 Å². The van der Waals surface area contributed by atoms with Gasteiger partial charge in [0.15, 0.2) is 0 Å². The highest BCUT2D eigenvalue weighted by atomic mass is 16.5. The maximum atomic E-state index is 5.58. The van der Waals surface area contributed by atoms with Crippen molar-refractivity contribution in [3.05, 3.63) is 47.7 Å². The fourth-order valence-electron chi connectivity index (χ4n) is 2.43. The highest BCUT2D eigenvalue weighted by molar-refractivity contribution is 5.29. The monoisotopic (exact) mass is 273 g/mol. The van der Waals surface area contributed by atoms with Crippen LogP contribution >= 0.6 is 0 Å². The Labute approximate surface area is 123 Å². The maximum Gasteiger partial charge on any atom is 0.110 e. The number of hydrogen-bond donors (Lipinski definition) is 1. The molecule has 1 aromatic rings. The van der Waals surface area contributed by atoms with Gasteiger partial charge in [0.05, 0.1) is 6.26 Å². The Morgan fingerprint density at radius 1 is 1.25 bits per heavy atom. The Morgan fingerprint density at radius 2 is 1.95 bits per heavy atom. The van der Waals surface area contributed by atoms with Crippen molar-refractivity contribution in [1.29, 1.82) is 0 Å². The van der Waals surface area contributed by atoms with Gasteiger partial charge in [-0.25, -0.2) is 0 Å². The van der Waals surface area contributed by atoms with Gasteiger partial charge >= 0.3 is 0 Å². The molecule has 2 atom stereocenters. The van der Waals surface area contributed by atoms with Gasteiger partial charge in [-0.3, -0.25) is 0 Å². The molecule has 2 rings (SSSR count). The smallest absolute Gasteiger partial charge is 0.110 e. The molecule has 110 valence electrons. The first-order chi connectivity index (χ1) is 9.47. The highest BCUT2D eigenvalue weighted by Crippen LogP contribution is 2.24. The lowest BCUT2D eigenvalue weighted by molar-refractivity contribution is 0.120. The maximum absolute atomic E-state index is 5.58. The van der Waals surface area contributed by atoms with Gasteiger partial charge in [0, 0.05) is 12.6 Å². The molecule has 0 bridgehead atoms. The molecule has 2 unspecified atom stereocenters. The first-order valence-corrected chi connectivity index (χ1v) is 7.61. The second-order valence-corrected chi connectivity index (χ2v) is 6.71. The SMILES string of the molecule is CC(NCC1CCC=CO1)c1ccc(C(C)(C)C)cc1. The Kier molecular flexibility index (Phi) is 4.87. The van der Waals surface area contributed by atoms with E-state index in [9.17, 15) is 0 Å². The van der Waals surface area contributed by atoms with Gasteiger partial charge in [-0.2, -0.15) is 0 Å². The molecular weight excluding hydrogens is 246 g/mol. The topological polar surface area (TPSA) is 21.3 Å². The molecule has 2 heteroatoms. The molecule has 0 fully saturated rings. The Morgan fingerprint density at radius 3 is 2.50 bits per heavy atom. The third-order valence-corrected chi connectivity index (χ3v) is 3.95. The molecular formula is C18H27NO. The summed E-state index contributed by atoms with van der Waals surface area (Å²) in [6, 6.07) is 9.32. The van der Waals surface area contributed by atoms with Crippen molar-refractivity contribution in [2.45, 2.75) is 58.1 Å². The minimum Gasteiger partial charge on any atom is -0.497 e. The highest BCUT2D eigenvalue weighted by Gasteiger charge is 2.15. The van der Waals surface area contributed by atoms with Crippen LogP contribution in [0.4, 0.5) is 0 Å². The minimum absolute atomic E-state index is 0.220. The Bertz CT molecular complexity index is 441. The second kappa shape index (κ2) is 6.45. The van der Waals surface area contributed by atoms with Gasteiger partial charge in [0.2, 0.25) is 0 Å². The molecule has 0 radical (unpaired) electrons. The number of allylic oxidation sites excluding steroid dienone is 1. The van der Waals surface area contributed by atoms with Gasteiger partial charge in [0.1, 0.15) is 6.10 Å². The summed E-state index contributed by atoms with van der Waals surface area (Å²) in [5, 5.41) is 3.57. The average Bonchev–Trinajstić information content (AvgIpc) is 2.45. The molecule has 20 heavy (non-hydrogen) atoms. The van der Waals surface area contributed by atoms with Gasteiger partial charge in [0.25, 0.3) is 0 Å². The predicted octanol–water partition coefficient (Wildman–Crippen LogP) is 4.33.